The lowest BCUT2D eigenvalue weighted by Gasteiger charge is -2.06. The quantitative estimate of drug-likeness (QED) is 0.872. The molecule has 1 aromatic carbocycles. The molecule has 1 N–H and O–H groups in total. The maximum absolute atomic E-state index is 12.5. The Hall–Kier alpha value is -3.14. The molecule has 0 aliphatic carbocycles. The van der Waals surface area contributed by atoms with Gasteiger partial charge in [-0.25, -0.2) is 4.79 Å². The number of carboxylic acids is 1. The summed E-state index contributed by atoms with van der Waals surface area (Å²) >= 11 is 0. The number of nitriles is 1. The van der Waals surface area contributed by atoms with Crippen molar-refractivity contribution < 1.29 is 23.1 Å². The van der Waals surface area contributed by atoms with Gasteiger partial charge in [0.1, 0.15) is 6.07 Å². The number of carbonyl (C=O) groups is 1. The van der Waals surface area contributed by atoms with E-state index >= 15 is 0 Å². The van der Waals surface area contributed by atoms with Gasteiger partial charge in [-0.1, -0.05) is 12.1 Å². The molecular formula is C16H9F3N2O2. The van der Waals surface area contributed by atoms with Crippen molar-refractivity contribution in [2.24, 2.45) is 0 Å². The number of aromatic nitrogens is 1. The van der Waals surface area contributed by atoms with E-state index in [1.807, 2.05) is 6.07 Å². The van der Waals surface area contributed by atoms with E-state index in [0.29, 0.717) is 11.8 Å². The van der Waals surface area contributed by atoms with Crippen LogP contribution in [0.15, 0.2) is 42.6 Å². The number of pyridine rings is 1. The van der Waals surface area contributed by atoms with Crippen LogP contribution in [0.1, 0.15) is 27.2 Å². The molecule has 0 bridgehead atoms. The number of aromatic carboxylic acids is 1. The summed E-state index contributed by atoms with van der Waals surface area (Å²) in [6.45, 7) is 0. The van der Waals surface area contributed by atoms with Crippen LogP contribution in [0.3, 0.4) is 0 Å². The minimum absolute atomic E-state index is 0.0711. The maximum atomic E-state index is 12.5. The molecule has 0 aliphatic rings. The highest BCUT2D eigenvalue weighted by Gasteiger charge is 2.30. The van der Waals surface area contributed by atoms with Gasteiger partial charge in [0.05, 0.1) is 22.4 Å². The Morgan fingerprint density at radius 2 is 1.83 bits per heavy atom. The molecule has 0 unspecified atom stereocenters. The molecule has 0 radical (unpaired) electrons. The zero-order chi connectivity index (χ0) is 17.0. The summed E-state index contributed by atoms with van der Waals surface area (Å²) in [6.07, 6.45) is -2.41. The van der Waals surface area contributed by atoms with Crippen LogP contribution in [0, 0.1) is 11.3 Å². The van der Waals surface area contributed by atoms with E-state index in [1.54, 1.807) is 0 Å². The van der Waals surface area contributed by atoms with Crippen LogP contribution in [0.2, 0.25) is 0 Å². The van der Waals surface area contributed by atoms with Crippen LogP contribution < -0.4 is 0 Å². The molecule has 23 heavy (non-hydrogen) atoms. The summed E-state index contributed by atoms with van der Waals surface area (Å²) in [5, 5.41) is 17.9. The Morgan fingerprint density at radius 3 is 2.26 bits per heavy atom. The second-order valence-electron chi connectivity index (χ2n) is 4.53. The van der Waals surface area contributed by atoms with Gasteiger partial charge in [-0.15, -0.1) is 0 Å². The molecule has 0 spiro atoms. The Morgan fingerprint density at radius 1 is 1.17 bits per heavy atom. The third-order valence-electron chi connectivity index (χ3n) is 2.96. The van der Waals surface area contributed by atoms with Crippen molar-refractivity contribution in [3.8, 4) is 6.07 Å². The monoisotopic (exact) mass is 318 g/mol. The molecule has 4 nitrogen and oxygen atoms in total. The van der Waals surface area contributed by atoms with Crippen LogP contribution in [-0.2, 0) is 6.18 Å². The summed E-state index contributed by atoms with van der Waals surface area (Å²) in [5.41, 5.74) is -0.101. The van der Waals surface area contributed by atoms with Gasteiger partial charge < -0.3 is 5.11 Å². The zero-order valence-electron chi connectivity index (χ0n) is 11.5. The second kappa shape index (κ2) is 6.32. The Labute approximate surface area is 129 Å². The van der Waals surface area contributed by atoms with E-state index in [4.69, 9.17) is 10.4 Å². The van der Waals surface area contributed by atoms with Crippen molar-refractivity contribution in [2.45, 2.75) is 6.18 Å². The smallest absolute Gasteiger partial charge is 0.417 e. The van der Waals surface area contributed by atoms with Crippen molar-refractivity contribution in [2.75, 3.05) is 0 Å². The fraction of sp³-hybridized carbons (Fsp3) is 0.0625. The summed E-state index contributed by atoms with van der Waals surface area (Å²) in [6, 6.07) is 9.54. The molecule has 7 heteroatoms. The highest BCUT2D eigenvalue weighted by molar-refractivity contribution is 5.90. The van der Waals surface area contributed by atoms with Crippen molar-refractivity contribution in [3.05, 3.63) is 65.0 Å². The number of rotatable bonds is 3. The average molecular weight is 318 g/mol. The van der Waals surface area contributed by atoms with Gasteiger partial charge in [-0.3, -0.25) is 4.98 Å². The second-order valence-corrected chi connectivity index (χ2v) is 4.53. The molecular weight excluding hydrogens is 309 g/mol. The van der Waals surface area contributed by atoms with Gasteiger partial charge in [-0.2, -0.15) is 18.4 Å². The van der Waals surface area contributed by atoms with Crippen LogP contribution in [-0.4, -0.2) is 16.1 Å². The summed E-state index contributed by atoms with van der Waals surface area (Å²) in [4.78, 5) is 14.4. The van der Waals surface area contributed by atoms with E-state index in [0.717, 1.165) is 12.1 Å². The van der Waals surface area contributed by atoms with Crippen molar-refractivity contribution in [1.29, 1.82) is 5.26 Å². The SMILES string of the molecule is N#CC(=Cc1ccc(C(=O)O)cc1)c1ccc(C(F)(F)F)cn1. The number of alkyl halides is 3. The lowest BCUT2D eigenvalue weighted by atomic mass is 10.1. The van der Waals surface area contributed by atoms with E-state index in [2.05, 4.69) is 4.98 Å². The van der Waals surface area contributed by atoms with Gasteiger partial charge in [0, 0.05) is 6.20 Å². The normalized spacial score (nSPS) is 11.8. The number of halogens is 3. The Balaban J connectivity index is 2.32. The van der Waals surface area contributed by atoms with Crippen LogP contribution in [0.25, 0.3) is 11.6 Å². The third-order valence-corrected chi connectivity index (χ3v) is 2.96. The lowest BCUT2D eigenvalue weighted by molar-refractivity contribution is -0.137. The highest BCUT2D eigenvalue weighted by Crippen LogP contribution is 2.29. The number of benzene rings is 1. The fourth-order valence-electron chi connectivity index (χ4n) is 1.77. The van der Waals surface area contributed by atoms with Gasteiger partial charge >= 0.3 is 12.1 Å². The van der Waals surface area contributed by atoms with Gasteiger partial charge in [-0.05, 0) is 35.9 Å². The van der Waals surface area contributed by atoms with Crippen molar-refractivity contribution in [3.63, 3.8) is 0 Å². The number of hydrogen-bond acceptors (Lipinski definition) is 3. The van der Waals surface area contributed by atoms with Gasteiger partial charge in [0.25, 0.3) is 0 Å². The molecule has 116 valence electrons. The minimum Gasteiger partial charge on any atom is -0.478 e. The molecule has 0 saturated carbocycles. The number of hydrogen-bond donors (Lipinski definition) is 1. The first-order valence-corrected chi connectivity index (χ1v) is 6.30. The van der Waals surface area contributed by atoms with Crippen molar-refractivity contribution >= 4 is 17.6 Å². The molecule has 0 saturated heterocycles. The topological polar surface area (TPSA) is 74.0 Å². The number of allylic oxidation sites excluding steroid dienone is 1. The van der Waals surface area contributed by atoms with Crippen LogP contribution in [0.5, 0.6) is 0 Å². The Kier molecular flexibility index (Phi) is 4.46. The largest absolute Gasteiger partial charge is 0.478 e. The standard InChI is InChI=1S/C16H9F3N2O2/c17-16(18,19)13-5-6-14(21-9-13)12(8-20)7-10-1-3-11(4-2-10)15(22)23/h1-7,9H,(H,22,23). The first-order chi connectivity index (χ1) is 10.8. The molecule has 0 fully saturated rings. The van der Waals surface area contributed by atoms with E-state index in [-0.39, 0.29) is 16.8 Å². The molecule has 0 aliphatic heterocycles. The van der Waals surface area contributed by atoms with E-state index in [1.165, 1.54) is 30.3 Å². The zero-order valence-corrected chi connectivity index (χ0v) is 11.5. The first-order valence-electron chi connectivity index (χ1n) is 6.30. The third kappa shape index (κ3) is 3.95. The molecule has 0 atom stereocenters. The van der Waals surface area contributed by atoms with Crippen molar-refractivity contribution in [1.82, 2.24) is 4.98 Å². The average Bonchev–Trinajstić information content (AvgIpc) is 2.52. The molecule has 1 heterocycles. The van der Waals surface area contributed by atoms with Gasteiger partial charge in [0.15, 0.2) is 0 Å². The van der Waals surface area contributed by atoms with E-state index < -0.39 is 17.7 Å². The number of carboxylic acid groups (broad SMARTS) is 1. The first kappa shape index (κ1) is 16.2. The maximum Gasteiger partial charge on any atom is 0.417 e. The van der Waals surface area contributed by atoms with Crippen LogP contribution >= 0.6 is 0 Å². The highest BCUT2D eigenvalue weighted by atomic mass is 19.4. The molecule has 0 amide bonds. The summed E-state index contributed by atoms with van der Waals surface area (Å²) in [5.74, 6) is -1.08. The Bertz CT molecular complexity index is 786. The molecule has 1 aromatic heterocycles. The summed E-state index contributed by atoms with van der Waals surface area (Å²) < 4.78 is 37.5. The van der Waals surface area contributed by atoms with Crippen LogP contribution in [0.4, 0.5) is 13.2 Å². The van der Waals surface area contributed by atoms with Gasteiger partial charge in [0.2, 0.25) is 0 Å². The predicted octanol–water partition coefficient (Wildman–Crippen LogP) is 3.86. The summed E-state index contributed by atoms with van der Waals surface area (Å²) in [7, 11) is 0. The lowest BCUT2D eigenvalue weighted by Crippen LogP contribution is -2.05. The van der Waals surface area contributed by atoms with E-state index in [9.17, 15) is 18.0 Å². The molecule has 2 rings (SSSR count). The predicted molar refractivity (Wildman–Crippen MR) is 76.1 cm³/mol. The molecule has 2 aromatic rings. The minimum atomic E-state index is -4.49. The number of nitrogens with zero attached hydrogens (tertiary/aromatic N) is 2. The fourth-order valence-corrected chi connectivity index (χ4v) is 1.77.